The Bertz CT molecular complexity index is 322. The van der Waals surface area contributed by atoms with Crippen LogP contribution in [-0.4, -0.2) is 17.3 Å². The smallest absolute Gasteiger partial charge is 0.113 e. The van der Waals surface area contributed by atoms with Crippen LogP contribution in [0.5, 0.6) is 0 Å². The molecule has 0 unspecified atom stereocenters. The number of rotatable bonds is 6. The number of hydroxylamine groups is 1. The Hall–Kier alpha value is -1.00. The maximum absolute atomic E-state index is 8.35. The molecule has 1 aromatic carbocycles. The summed E-state index contributed by atoms with van der Waals surface area (Å²) >= 11 is 1.86. The molecule has 0 spiro atoms. The quantitative estimate of drug-likeness (QED) is 0.345. The van der Waals surface area contributed by atoms with E-state index in [-0.39, 0.29) is 0 Å². The second-order valence-corrected chi connectivity index (χ2v) is 5.08. The van der Waals surface area contributed by atoms with Gasteiger partial charge in [-0.25, -0.2) is 4.99 Å². The molecule has 16 heavy (non-hydrogen) atoms. The second-order valence-electron chi connectivity index (χ2n) is 3.91. The highest BCUT2D eigenvalue weighted by Gasteiger charge is 1.97. The van der Waals surface area contributed by atoms with Crippen LogP contribution in [0.4, 0.5) is 5.69 Å². The largest absolute Gasteiger partial charge is 0.290 e. The topological polar surface area (TPSA) is 44.6 Å². The predicted molar refractivity (Wildman–Crippen MR) is 69.7 cm³/mol. The Kier molecular flexibility index (Phi) is 5.96. The molecule has 0 aromatic heterocycles. The third-order valence-electron chi connectivity index (χ3n) is 2.07. The van der Waals surface area contributed by atoms with Crippen molar-refractivity contribution in [3.8, 4) is 0 Å². The van der Waals surface area contributed by atoms with E-state index >= 15 is 0 Å². The van der Waals surface area contributed by atoms with E-state index in [0.29, 0.717) is 0 Å². The van der Waals surface area contributed by atoms with Gasteiger partial charge in [-0.05, 0) is 42.4 Å². The minimum absolute atomic E-state index is 0.756. The summed E-state index contributed by atoms with van der Waals surface area (Å²) in [5.74, 6) is 1.91. The van der Waals surface area contributed by atoms with Crippen LogP contribution in [0.1, 0.15) is 20.3 Å². The van der Waals surface area contributed by atoms with Crippen LogP contribution in [0.15, 0.2) is 34.2 Å². The lowest BCUT2D eigenvalue weighted by molar-refractivity contribution is 0.240. The number of hydrogen-bond acceptors (Lipinski definition) is 3. The van der Waals surface area contributed by atoms with Gasteiger partial charge in [0.2, 0.25) is 0 Å². The fraction of sp³-hybridized carbons (Fsp3) is 0.417. The van der Waals surface area contributed by atoms with Crippen molar-refractivity contribution >= 4 is 23.8 Å². The van der Waals surface area contributed by atoms with E-state index in [1.807, 2.05) is 29.4 Å². The summed E-state index contributed by atoms with van der Waals surface area (Å²) in [5, 5.41) is 8.35. The van der Waals surface area contributed by atoms with Gasteiger partial charge in [-0.15, -0.1) is 11.8 Å². The normalized spacial score (nSPS) is 11.2. The summed E-state index contributed by atoms with van der Waals surface area (Å²) in [6.45, 7) is 4.47. The molecule has 0 bridgehead atoms. The maximum Gasteiger partial charge on any atom is 0.113 e. The van der Waals surface area contributed by atoms with Crippen molar-refractivity contribution in [3.05, 3.63) is 24.3 Å². The molecular weight excluding hydrogens is 220 g/mol. The van der Waals surface area contributed by atoms with E-state index in [1.165, 1.54) is 17.7 Å². The van der Waals surface area contributed by atoms with Crippen molar-refractivity contribution in [2.45, 2.75) is 25.2 Å². The summed E-state index contributed by atoms with van der Waals surface area (Å²) in [6, 6.07) is 7.97. The number of aliphatic imine (C=N–C) groups is 1. The van der Waals surface area contributed by atoms with Gasteiger partial charge < -0.3 is 0 Å². The van der Waals surface area contributed by atoms with Gasteiger partial charge in [-0.3, -0.25) is 10.7 Å². The predicted octanol–water partition coefficient (Wildman–Crippen LogP) is 3.46. The van der Waals surface area contributed by atoms with E-state index in [4.69, 9.17) is 5.21 Å². The van der Waals surface area contributed by atoms with E-state index in [9.17, 15) is 0 Å². The van der Waals surface area contributed by atoms with Crippen molar-refractivity contribution in [1.82, 2.24) is 5.48 Å². The molecule has 0 atom stereocenters. The minimum Gasteiger partial charge on any atom is -0.290 e. The zero-order chi connectivity index (χ0) is 11.8. The molecule has 3 nitrogen and oxygen atoms in total. The summed E-state index contributed by atoms with van der Waals surface area (Å²) in [7, 11) is 0. The summed E-state index contributed by atoms with van der Waals surface area (Å²) < 4.78 is 0. The molecule has 0 saturated heterocycles. The fourth-order valence-electron chi connectivity index (χ4n) is 1.14. The van der Waals surface area contributed by atoms with E-state index in [1.54, 1.807) is 0 Å². The molecule has 88 valence electrons. The van der Waals surface area contributed by atoms with Gasteiger partial charge >= 0.3 is 0 Å². The van der Waals surface area contributed by atoms with Gasteiger partial charge in [0, 0.05) is 4.90 Å². The Balaban J connectivity index is 2.42. The molecule has 0 aliphatic rings. The highest BCUT2D eigenvalue weighted by Crippen LogP contribution is 2.23. The molecule has 0 amide bonds. The molecule has 0 heterocycles. The SMILES string of the molecule is CC(C)CCSc1ccc(N=CNO)cc1. The number of nitrogens with one attached hydrogen (secondary N) is 1. The van der Waals surface area contributed by atoms with E-state index in [0.717, 1.165) is 17.4 Å². The number of thioether (sulfide) groups is 1. The third kappa shape index (κ3) is 5.19. The van der Waals surface area contributed by atoms with Crippen molar-refractivity contribution < 1.29 is 5.21 Å². The molecule has 0 aliphatic carbocycles. The van der Waals surface area contributed by atoms with Crippen LogP contribution in [-0.2, 0) is 0 Å². The van der Waals surface area contributed by atoms with Gasteiger partial charge in [0.1, 0.15) is 6.34 Å². The standard InChI is InChI=1S/C12H18N2OS/c1-10(2)7-8-16-12-5-3-11(4-6-12)13-9-14-15/h3-6,9-10,15H,7-8H2,1-2H3,(H,13,14). The van der Waals surface area contributed by atoms with Gasteiger partial charge in [0.15, 0.2) is 0 Å². The lowest BCUT2D eigenvalue weighted by atomic mass is 10.2. The molecule has 0 saturated carbocycles. The van der Waals surface area contributed by atoms with Crippen LogP contribution in [0, 0.1) is 5.92 Å². The highest BCUT2D eigenvalue weighted by atomic mass is 32.2. The van der Waals surface area contributed by atoms with Crippen LogP contribution < -0.4 is 5.48 Å². The van der Waals surface area contributed by atoms with E-state index in [2.05, 4.69) is 31.0 Å². The van der Waals surface area contributed by atoms with Crippen molar-refractivity contribution in [2.75, 3.05) is 5.75 Å². The monoisotopic (exact) mass is 238 g/mol. The Morgan fingerprint density at radius 3 is 2.62 bits per heavy atom. The summed E-state index contributed by atoms with van der Waals surface area (Å²) in [6.07, 6.45) is 2.49. The summed E-state index contributed by atoms with van der Waals surface area (Å²) in [4.78, 5) is 5.24. The average molecular weight is 238 g/mol. The first-order valence-electron chi connectivity index (χ1n) is 5.37. The molecule has 1 rings (SSSR count). The lowest BCUT2D eigenvalue weighted by Gasteiger charge is -2.04. The molecular formula is C12H18N2OS. The van der Waals surface area contributed by atoms with Gasteiger partial charge in [-0.2, -0.15) is 0 Å². The minimum atomic E-state index is 0.756. The average Bonchev–Trinajstić information content (AvgIpc) is 2.27. The zero-order valence-corrected chi connectivity index (χ0v) is 10.5. The first-order chi connectivity index (χ1) is 7.72. The Morgan fingerprint density at radius 1 is 1.38 bits per heavy atom. The summed E-state index contributed by atoms with van der Waals surface area (Å²) in [5.41, 5.74) is 2.71. The van der Waals surface area contributed by atoms with Gasteiger partial charge in [0.25, 0.3) is 0 Å². The maximum atomic E-state index is 8.35. The molecule has 1 aromatic rings. The van der Waals surface area contributed by atoms with Crippen molar-refractivity contribution in [3.63, 3.8) is 0 Å². The van der Waals surface area contributed by atoms with E-state index < -0.39 is 0 Å². The van der Waals surface area contributed by atoms with Gasteiger partial charge in [0.05, 0.1) is 5.69 Å². The Labute approximate surface area is 101 Å². The first kappa shape index (κ1) is 13.1. The number of nitrogens with zero attached hydrogens (tertiary/aromatic N) is 1. The van der Waals surface area contributed by atoms with Gasteiger partial charge in [-0.1, -0.05) is 13.8 Å². The molecule has 4 heteroatoms. The molecule has 0 fully saturated rings. The molecule has 0 aliphatic heterocycles. The Morgan fingerprint density at radius 2 is 2.06 bits per heavy atom. The zero-order valence-electron chi connectivity index (χ0n) is 9.68. The molecule has 0 radical (unpaired) electrons. The number of benzene rings is 1. The fourth-order valence-corrected chi connectivity index (χ4v) is 2.30. The van der Waals surface area contributed by atoms with Crippen molar-refractivity contribution in [1.29, 1.82) is 0 Å². The molecule has 2 N–H and O–H groups in total. The van der Waals surface area contributed by atoms with Crippen LogP contribution in [0.2, 0.25) is 0 Å². The lowest BCUT2D eigenvalue weighted by Crippen LogP contribution is -2.00. The first-order valence-corrected chi connectivity index (χ1v) is 6.36. The van der Waals surface area contributed by atoms with Crippen LogP contribution >= 0.6 is 11.8 Å². The highest BCUT2D eigenvalue weighted by molar-refractivity contribution is 7.99. The van der Waals surface area contributed by atoms with Crippen LogP contribution in [0.25, 0.3) is 0 Å². The third-order valence-corrected chi connectivity index (χ3v) is 3.12. The second kappa shape index (κ2) is 7.30. The van der Waals surface area contributed by atoms with Crippen LogP contribution in [0.3, 0.4) is 0 Å². The van der Waals surface area contributed by atoms with Crippen molar-refractivity contribution in [2.24, 2.45) is 10.9 Å². The number of hydrogen-bond donors (Lipinski definition) is 2.